The largest absolute Gasteiger partial charge is 0.507 e. The molecule has 4 heteroatoms. The smallest absolute Gasteiger partial charge is 0.231 e. The molecule has 2 aromatic heterocycles. The number of aromatic hydroxyl groups is 1. The highest BCUT2D eigenvalue weighted by Gasteiger charge is 2.25. The van der Waals surface area contributed by atoms with Gasteiger partial charge in [0.25, 0.3) is 0 Å². The zero-order chi connectivity index (χ0) is 36.4. The third-order valence-corrected chi connectivity index (χ3v) is 9.66. The van der Waals surface area contributed by atoms with Crippen molar-refractivity contribution in [1.29, 1.82) is 0 Å². The van der Waals surface area contributed by atoms with Crippen molar-refractivity contribution in [1.82, 2.24) is 9.97 Å². The van der Waals surface area contributed by atoms with Gasteiger partial charge in [-0.15, -0.1) is 0 Å². The monoisotopic (exact) mass is 664 g/mol. The van der Waals surface area contributed by atoms with Crippen LogP contribution < -0.4 is 0 Å². The molecule has 0 atom stereocenters. The fraction of sp³-hybridized carbons (Fsp3) is 0.348. The molecule has 0 aliphatic heterocycles. The fourth-order valence-electron chi connectivity index (χ4n) is 6.27. The van der Waals surface area contributed by atoms with E-state index in [1.54, 1.807) is 12.1 Å². The average Bonchev–Trinajstić information content (AvgIpc) is 3.47. The Morgan fingerprint density at radius 1 is 0.500 bits per heavy atom. The van der Waals surface area contributed by atoms with E-state index in [4.69, 9.17) is 14.4 Å². The summed E-state index contributed by atoms with van der Waals surface area (Å²) in [5, 5.41) is 10.7. The minimum Gasteiger partial charge on any atom is -0.507 e. The average molecular weight is 665 g/mol. The molecule has 0 saturated carbocycles. The van der Waals surface area contributed by atoms with E-state index < -0.39 is 0 Å². The van der Waals surface area contributed by atoms with E-state index in [9.17, 15) is 5.11 Å². The molecule has 0 spiro atoms. The Kier molecular flexibility index (Phi) is 8.62. The molecule has 0 radical (unpaired) electrons. The zero-order valence-electron chi connectivity index (χ0n) is 31.9. The fourth-order valence-corrected chi connectivity index (χ4v) is 6.27. The molecule has 0 aliphatic rings. The number of pyridine rings is 1. The Labute approximate surface area is 298 Å². The number of aromatic nitrogens is 2. The zero-order valence-corrected chi connectivity index (χ0v) is 31.9. The molecular weight excluding hydrogens is 613 g/mol. The maximum atomic E-state index is 10.7. The lowest BCUT2D eigenvalue weighted by atomic mass is 9.78. The van der Waals surface area contributed by atoms with Crippen LogP contribution in [0, 0.1) is 0 Å². The Hall–Kier alpha value is -4.70. The van der Waals surface area contributed by atoms with Gasteiger partial charge in [0.1, 0.15) is 11.3 Å². The molecule has 0 saturated heterocycles. The summed E-state index contributed by atoms with van der Waals surface area (Å²) in [6, 6.07) is 29.8. The SMILES string of the molecule is CC(C)(C)c1cc(-c2cc(-c3cc(C(C)(C)C)ccn3)cc(-c3cc(C(C)(C)C)cc4oc(-c5ccccc5O)nc34)c2)cc(C(C)(C)C)c1. The third kappa shape index (κ3) is 7.12. The van der Waals surface area contributed by atoms with E-state index >= 15 is 0 Å². The van der Waals surface area contributed by atoms with Gasteiger partial charge in [0.15, 0.2) is 5.58 Å². The van der Waals surface area contributed by atoms with Gasteiger partial charge >= 0.3 is 0 Å². The van der Waals surface area contributed by atoms with Crippen LogP contribution in [0.1, 0.15) is 105 Å². The maximum absolute atomic E-state index is 10.7. The Bertz CT molecular complexity index is 2180. The minimum absolute atomic E-state index is 0.0197. The second-order valence-corrected chi connectivity index (χ2v) is 17.9. The van der Waals surface area contributed by atoms with Crippen LogP contribution in [0.25, 0.3) is 56.1 Å². The van der Waals surface area contributed by atoms with Crippen LogP contribution in [0.2, 0.25) is 0 Å². The topological polar surface area (TPSA) is 59.2 Å². The van der Waals surface area contributed by atoms with Gasteiger partial charge in [0.2, 0.25) is 5.89 Å². The van der Waals surface area contributed by atoms with E-state index in [0.29, 0.717) is 17.0 Å². The molecule has 2 heterocycles. The van der Waals surface area contributed by atoms with Crippen LogP contribution in [-0.2, 0) is 21.7 Å². The lowest BCUT2D eigenvalue weighted by molar-refractivity contribution is 0.474. The van der Waals surface area contributed by atoms with Gasteiger partial charge < -0.3 is 9.52 Å². The van der Waals surface area contributed by atoms with Crippen LogP contribution in [-0.4, -0.2) is 15.1 Å². The number of fused-ring (bicyclic) bond motifs is 1. The summed E-state index contributed by atoms with van der Waals surface area (Å²) in [5.41, 5.74) is 13.1. The standard InChI is InChI=1S/C46H52N2O2/c1-43(2,3)32-17-18-47-38(26-32)31-20-28(29-22-33(44(4,5)6)24-34(23-29)45(7,8)9)19-30(21-31)37-25-35(46(10,11)12)27-40-41(37)48-42(50-40)36-15-13-14-16-39(36)49/h13-27,49H,1-12H3. The summed E-state index contributed by atoms with van der Waals surface area (Å²) in [7, 11) is 0. The normalized spacial score (nSPS) is 12.9. The molecule has 1 N–H and O–H groups in total. The lowest BCUT2D eigenvalue weighted by Gasteiger charge is -2.26. The van der Waals surface area contributed by atoms with E-state index in [2.05, 4.69) is 144 Å². The molecule has 0 aliphatic carbocycles. The van der Waals surface area contributed by atoms with E-state index in [-0.39, 0.29) is 27.4 Å². The van der Waals surface area contributed by atoms with E-state index in [1.165, 1.54) is 22.3 Å². The first kappa shape index (κ1) is 35.1. The number of oxazole rings is 1. The highest BCUT2D eigenvalue weighted by molar-refractivity contribution is 5.95. The molecule has 258 valence electrons. The first-order valence-corrected chi connectivity index (χ1v) is 17.7. The van der Waals surface area contributed by atoms with Crippen LogP contribution in [0.4, 0.5) is 0 Å². The summed E-state index contributed by atoms with van der Waals surface area (Å²) >= 11 is 0. The highest BCUT2D eigenvalue weighted by atomic mass is 16.3. The van der Waals surface area contributed by atoms with Crippen LogP contribution in [0.3, 0.4) is 0 Å². The van der Waals surface area contributed by atoms with Gasteiger partial charge in [-0.25, -0.2) is 4.98 Å². The Balaban J connectivity index is 1.69. The lowest BCUT2D eigenvalue weighted by Crippen LogP contribution is -2.16. The van der Waals surface area contributed by atoms with Gasteiger partial charge in [0, 0.05) is 17.3 Å². The van der Waals surface area contributed by atoms with E-state index in [1.807, 2.05) is 18.3 Å². The van der Waals surface area contributed by atoms with Gasteiger partial charge in [-0.05, 0) is 115 Å². The van der Waals surface area contributed by atoms with Crippen LogP contribution in [0.15, 0.2) is 95.5 Å². The van der Waals surface area contributed by atoms with Crippen molar-refractivity contribution in [2.24, 2.45) is 0 Å². The number of phenolic OH excluding ortho intramolecular Hbond substituents is 1. The summed E-state index contributed by atoms with van der Waals surface area (Å²) in [6.07, 6.45) is 1.93. The number of nitrogens with zero attached hydrogens (tertiary/aromatic N) is 2. The summed E-state index contributed by atoms with van der Waals surface area (Å²) in [4.78, 5) is 9.96. The Morgan fingerprint density at radius 2 is 1.04 bits per heavy atom. The molecule has 0 unspecified atom stereocenters. The second kappa shape index (κ2) is 12.3. The van der Waals surface area contributed by atoms with Crippen LogP contribution in [0.5, 0.6) is 5.75 Å². The summed E-state index contributed by atoms with van der Waals surface area (Å²) in [6.45, 7) is 27.1. The van der Waals surface area contributed by atoms with Crippen molar-refractivity contribution in [2.45, 2.75) is 105 Å². The molecule has 4 aromatic carbocycles. The first-order chi connectivity index (χ1) is 23.2. The van der Waals surface area contributed by atoms with Crippen molar-refractivity contribution in [2.75, 3.05) is 0 Å². The van der Waals surface area contributed by atoms with E-state index in [0.717, 1.165) is 39.0 Å². The van der Waals surface area contributed by atoms with Crippen LogP contribution >= 0.6 is 0 Å². The van der Waals surface area contributed by atoms with Gasteiger partial charge in [0.05, 0.1) is 11.3 Å². The molecule has 50 heavy (non-hydrogen) atoms. The second-order valence-electron chi connectivity index (χ2n) is 17.9. The number of para-hydroxylation sites is 1. The molecule has 0 amide bonds. The van der Waals surface area contributed by atoms with Crippen molar-refractivity contribution < 1.29 is 9.52 Å². The molecule has 0 bridgehead atoms. The molecular formula is C46H52N2O2. The summed E-state index contributed by atoms with van der Waals surface area (Å²) < 4.78 is 6.44. The third-order valence-electron chi connectivity index (χ3n) is 9.66. The number of hydrogen-bond donors (Lipinski definition) is 1. The molecule has 0 fully saturated rings. The van der Waals surface area contributed by atoms with Crippen molar-refractivity contribution in [3.05, 3.63) is 113 Å². The number of benzene rings is 4. The molecule has 6 rings (SSSR count). The van der Waals surface area contributed by atoms with Gasteiger partial charge in [-0.1, -0.05) is 113 Å². The summed E-state index contributed by atoms with van der Waals surface area (Å²) in [5.74, 6) is 0.535. The number of hydrogen-bond acceptors (Lipinski definition) is 4. The minimum atomic E-state index is -0.142. The number of phenols is 1. The number of rotatable bonds is 4. The molecule has 4 nitrogen and oxygen atoms in total. The predicted molar refractivity (Wildman–Crippen MR) is 210 cm³/mol. The first-order valence-electron chi connectivity index (χ1n) is 17.7. The van der Waals surface area contributed by atoms with Crippen molar-refractivity contribution >= 4 is 11.1 Å². The highest BCUT2D eigenvalue weighted by Crippen LogP contribution is 2.42. The quantitative estimate of drug-likeness (QED) is 0.204. The van der Waals surface area contributed by atoms with Gasteiger partial charge in [-0.3, -0.25) is 4.98 Å². The van der Waals surface area contributed by atoms with Crippen molar-refractivity contribution in [3.63, 3.8) is 0 Å². The maximum Gasteiger partial charge on any atom is 0.231 e. The van der Waals surface area contributed by atoms with Gasteiger partial charge in [-0.2, -0.15) is 0 Å². The predicted octanol–water partition coefficient (Wildman–Crippen LogP) is 12.8. The molecule has 6 aromatic rings. The Morgan fingerprint density at radius 3 is 1.64 bits per heavy atom. The van der Waals surface area contributed by atoms with Crippen molar-refractivity contribution in [3.8, 4) is 50.7 Å².